The van der Waals surface area contributed by atoms with E-state index in [1.165, 1.54) is 12.1 Å². The first-order valence-electron chi connectivity index (χ1n) is 8.09. The molecule has 8 heteroatoms. The molecule has 0 saturated heterocycles. The van der Waals surface area contributed by atoms with Gasteiger partial charge in [0.25, 0.3) is 0 Å². The Bertz CT molecular complexity index is 794. The van der Waals surface area contributed by atoms with Crippen LogP contribution < -0.4 is 14.8 Å². The summed E-state index contributed by atoms with van der Waals surface area (Å²) in [6.07, 6.45) is -4.46. The van der Waals surface area contributed by atoms with Crippen molar-refractivity contribution >= 4 is 11.6 Å². The summed E-state index contributed by atoms with van der Waals surface area (Å²) in [7, 11) is 4.83. The summed E-state index contributed by atoms with van der Waals surface area (Å²) in [5, 5.41) is 2.49. The zero-order valence-electron chi connectivity index (χ0n) is 15.3. The van der Waals surface area contributed by atoms with Crippen LogP contribution in [-0.2, 0) is 17.5 Å². The average Bonchev–Trinajstić information content (AvgIpc) is 2.61. The first-order valence-corrected chi connectivity index (χ1v) is 8.09. The van der Waals surface area contributed by atoms with Crippen molar-refractivity contribution < 1.29 is 27.4 Å². The fraction of sp³-hybridized carbons (Fsp3) is 0.316. The molecule has 1 amide bonds. The molecule has 2 aromatic carbocycles. The fourth-order valence-electron chi connectivity index (χ4n) is 2.55. The van der Waals surface area contributed by atoms with E-state index >= 15 is 0 Å². The van der Waals surface area contributed by atoms with Gasteiger partial charge < -0.3 is 14.8 Å². The molecule has 0 fully saturated rings. The average molecular weight is 382 g/mol. The maximum atomic E-state index is 12.7. The summed E-state index contributed by atoms with van der Waals surface area (Å²) >= 11 is 0. The van der Waals surface area contributed by atoms with E-state index in [0.29, 0.717) is 18.0 Å². The fourth-order valence-corrected chi connectivity index (χ4v) is 2.55. The van der Waals surface area contributed by atoms with Gasteiger partial charge >= 0.3 is 6.18 Å². The molecule has 27 heavy (non-hydrogen) atoms. The van der Waals surface area contributed by atoms with E-state index in [0.717, 1.165) is 17.7 Å². The van der Waals surface area contributed by atoms with Crippen molar-refractivity contribution in [2.24, 2.45) is 0 Å². The van der Waals surface area contributed by atoms with Gasteiger partial charge in [0.05, 0.1) is 26.3 Å². The number of amides is 1. The first-order chi connectivity index (χ1) is 12.7. The van der Waals surface area contributed by atoms with Gasteiger partial charge in [0.15, 0.2) is 0 Å². The quantitative estimate of drug-likeness (QED) is 0.792. The second-order valence-electron chi connectivity index (χ2n) is 5.98. The van der Waals surface area contributed by atoms with Gasteiger partial charge in [-0.1, -0.05) is 12.1 Å². The Morgan fingerprint density at radius 1 is 1.11 bits per heavy atom. The van der Waals surface area contributed by atoms with E-state index in [1.807, 2.05) is 6.07 Å². The van der Waals surface area contributed by atoms with E-state index in [-0.39, 0.29) is 12.2 Å². The number of carbonyl (C=O) groups excluding carboxylic acids is 1. The van der Waals surface area contributed by atoms with Gasteiger partial charge in [-0.05, 0) is 31.3 Å². The van der Waals surface area contributed by atoms with Crippen LogP contribution in [0.5, 0.6) is 11.5 Å². The minimum absolute atomic E-state index is 0.00539. The van der Waals surface area contributed by atoms with Gasteiger partial charge in [0.1, 0.15) is 11.5 Å². The number of benzene rings is 2. The molecule has 0 saturated carbocycles. The lowest BCUT2D eigenvalue weighted by Crippen LogP contribution is -2.30. The Hall–Kier alpha value is -2.74. The molecule has 2 rings (SSSR count). The zero-order valence-corrected chi connectivity index (χ0v) is 15.3. The highest BCUT2D eigenvalue weighted by Crippen LogP contribution is 2.30. The van der Waals surface area contributed by atoms with Crippen molar-refractivity contribution in [1.82, 2.24) is 4.90 Å². The molecule has 0 aromatic heterocycles. The Morgan fingerprint density at radius 3 is 2.48 bits per heavy atom. The van der Waals surface area contributed by atoms with Crippen molar-refractivity contribution in [2.75, 3.05) is 33.1 Å². The Balaban J connectivity index is 1.98. The van der Waals surface area contributed by atoms with Crippen molar-refractivity contribution in [1.29, 1.82) is 0 Å². The molecule has 0 spiro atoms. The summed E-state index contributed by atoms with van der Waals surface area (Å²) < 4.78 is 48.7. The number of carbonyl (C=O) groups is 1. The summed E-state index contributed by atoms with van der Waals surface area (Å²) in [5.41, 5.74) is 0.148. The largest absolute Gasteiger partial charge is 0.497 e. The molecule has 2 aromatic rings. The number of ether oxygens (including phenoxy) is 2. The summed E-state index contributed by atoms with van der Waals surface area (Å²) in [5.74, 6) is 0.865. The highest BCUT2D eigenvalue weighted by Gasteiger charge is 2.30. The maximum Gasteiger partial charge on any atom is 0.416 e. The molecule has 0 aliphatic rings. The monoisotopic (exact) mass is 382 g/mol. The topological polar surface area (TPSA) is 50.8 Å². The second kappa shape index (κ2) is 8.77. The number of nitrogens with one attached hydrogen (secondary N) is 1. The number of hydrogen-bond donors (Lipinski definition) is 1. The van der Waals surface area contributed by atoms with Crippen LogP contribution in [0.4, 0.5) is 18.9 Å². The molecule has 146 valence electrons. The predicted molar refractivity (Wildman–Crippen MR) is 96.0 cm³/mol. The lowest BCUT2D eigenvalue weighted by atomic mass is 10.1. The highest BCUT2D eigenvalue weighted by atomic mass is 19.4. The van der Waals surface area contributed by atoms with Crippen LogP contribution >= 0.6 is 0 Å². The Kier molecular flexibility index (Phi) is 6.68. The molecule has 0 aliphatic heterocycles. The van der Waals surface area contributed by atoms with E-state index in [2.05, 4.69) is 5.32 Å². The summed E-state index contributed by atoms with van der Waals surface area (Å²) in [6, 6.07) is 9.89. The molecule has 1 N–H and O–H groups in total. The SMILES string of the molecule is COc1ccc(CN(C)CC(=O)Nc2cccc(C(F)(F)F)c2)c(OC)c1. The minimum Gasteiger partial charge on any atom is -0.497 e. The number of hydrogen-bond acceptors (Lipinski definition) is 4. The molecule has 0 atom stereocenters. The number of halogens is 3. The Morgan fingerprint density at radius 2 is 1.85 bits per heavy atom. The van der Waals surface area contributed by atoms with Gasteiger partial charge in [0.2, 0.25) is 5.91 Å². The smallest absolute Gasteiger partial charge is 0.416 e. The van der Waals surface area contributed by atoms with Crippen LogP contribution in [0.1, 0.15) is 11.1 Å². The minimum atomic E-state index is -4.46. The van der Waals surface area contributed by atoms with E-state index in [1.54, 1.807) is 38.3 Å². The van der Waals surface area contributed by atoms with Crippen LogP contribution in [0.2, 0.25) is 0 Å². The van der Waals surface area contributed by atoms with Crippen molar-refractivity contribution in [3.8, 4) is 11.5 Å². The second-order valence-corrected chi connectivity index (χ2v) is 5.98. The number of rotatable bonds is 7. The van der Waals surface area contributed by atoms with Gasteiger partial charge in [-0.3, -0.25) is 9.69 Å². The number of methoxy groups -OCH3 is 2. The number of likely N-dealkylation sites (N-methyl/N-ethyl adjacent to an activating group) is 1. The van der Waals surface area contributed by atoms with Crippen LogP contribution in [0.25, 0.3) is 0 Å². The standard InChI is InChI=1S/C19H21F3N2O3/c1-24(11-13-7-8-16(26-2)10-17(13)27-3)12-18(25)23-15-6-4-5-14(9-15)19(20,21)22/h4-10H,11-12H2,1-3H3,(H,23,25). The van der Waals surface area contributed by atoms with Crippen LogP contribution in [0, 0.1) is 0 Å². The number of anilines is 1. The van der Waals surface area contributed by atoms with Gasteiger partial charge in [-0.2, -0.15) is 13.2 Å². The molecule has 0 radical (unpaired) electrons. The third-order valence-electron chi connectivity index (χ3n) is 3.82. The van der Waals surface area contributed by atoms with Gasteiger partial charge in [-0.25, -0.2) is 0 Å². The number of nitrogens with zero attached hydrogens (tertiary/aromatic N) is 1. The van der Waals surface area contributed by atoms with Crippen LogP contribution in [0.15, 0.2) is 42.5 Å². The highest BCUT2D eigenvalue weighted by molar-refractivity contribution is 5.92. The lowest BCUT2D eigenvalue weighted by Gasteiger charge is -2.18. The van der Waals surface area contributed by atoms with E-state index in [9.17, 15) is 18.0 Å². The summed E-state index contributed by atoms with van der Waals surface area (Å²) in [4.78, 5) is 13.9. The molecule has 5 nitrogen and oxygen atoms in total. The molecule has 0 unspecified atom stereocenters. The molecule has 0 aliphatic carbocycles. The van der Waals surface area contributed by atoms with Gasteiger partial charge in [-0.15, -0.1) is 0 Å². The normalized spacial score (nSPS) is 11.4. The van der Waals surface area contributed by atoms with Crippen molar-refractivity contribution in [3.63, 3.8) is 0 Å². The van der Waals surface area contributed by atoms with E-state index in [4.69, 9.17) is 9.47 Å². The Labute approximate surface area is 155 Å². The van der Waals surface area contributed by atoms with Crippen LogP contribution in [-0.4, -0.2) is 38.6 Å². The number of alkyl halides is 3. The zero-order chi connectivity index (χ0) is 20.0. The van der Waals surface area contributed by atoms with Crippen molar-refractivity contribution in [2.45, 2.75) is 12.7 Å². The summed E-state index contributed by atoms with van der Waals surface area (Å²) in [6.45, 7) is 0.425. The van der Waals surface area contributed by atoms with E-state index < -0.39 is 17.6 Å². The van der Waals surface area contributed by atoms with Crippen molar-refractivity contribution in [3.05, 3.63) is 53.6 Å². The molecule has 0 bridgehead atoms. The predicted octanol–water partition coefficient (Wildman–Crippen LogP) is 3.79. The van der Waals surface area contributed by atoms with Gasteiger partial charge in [0, 0.05) is 23.9 Å². The molecular weight excluding hydrogens is 361 g/mol. The third kappa shape index (κ3) is 5.89. The lowest BCUT2D eigenvalue weighted by molar-refractivity contribution is -0.137. The molecule has 0 heterocycles. The molecular formula is C19H21F3N2O3. The maximum absolute atomic E-state index is 12.7. The third-order valence-corrected chi connectivity index (χ3v) is 3.82. The van der Waals surface area contributed by atoms with Crippen LogP contribution in [0.3, 0.4) is 0 Å². The first kappa shape index (κ1) is 20.6.